The summed E-state index contributed by atoms with van der Waals surface area (Å²) in [4.78, 5) is 26.6. The number of carbonyl (C=O) groups is 2. The molecular weight excluding hydrogens is 322 g/mol. The molecule has 1 aliphatic heterocycles. The van der Waals surface area contributed by atoms with E-state index in [4.69, 9.17) is 9.84 Å². The van der Waals surface area contributed by atoms with Crippen molar-refractivity contribution in [3.63, 3.8) is 0 Å². The van der Waals surface area contributed by atoms with Crippen LogP contribution in [0.25, 0.3) is 0 Å². The second kappa shape index (κ2) is 7.57. The van der Waals surface area contributed by atoms with Crippen LogP contribution in [0.3, 0.4) is 0 Å². The summed E-state index contributed by atoms with van der Waals surface area (Å²) in [6, 6.07) is 2.92. The Morgan fingerprint density at radius 3 is 2.38 bits per heavy atom. The molecule has 1 aliphatic rings. The quantitative estimate of drug-likeness (QED) is 0.875. The lowest BCUT2D eigenvalue weighted by Gasteiger charge is -2.37. The molecule has 1 N–H and O–H groups in total. The second-order valence-electron chi connectivity index (χ2n) is 5.69. The number of benzene rings is 1. The molecule has 0 bridgehead atoms. The first kappa shape index (κ1) is 18.1. The third-order valence-corrected chi connectivity index (χ3v) is 4.10. The van der Waals surface area contributed by atoms with E-state index in [-0.39, 0.29) is 11.7 Å². The van der Waals surface area contributed by atoms with E-state index in [1.54, 1.807) is 11.8 Å². The zero-order valence-corrected chi connectivity index (χ0v) is 13.5. The maximum absolute atomic E-state index is 13.6. The SMILES string of the molecule is C[C@@H](Oc1cccc(F)c1F)C(=O)N1CCN([C@@H](C)C(=O)O)CC1. The first-order chi connectivity index (χ1) is 11.3. The van der Waals surface area contributed by atoms with Gasteiger partial charge < -0.3 is 14.7 Å². The van der Waals surface area contributed by atoms with Gasteiger partial charge in [-0.05, 0) is 26.0 Å². The molecule has 6 nitrogen and oxygen atoms in total. The summed E-state index contributed by atoms with van der Waals surface area (Å²) in [6.07, 6.45) is -0.968. The molecule has 0 radical (unpaired) electrons. The topological polar surface area (TPSA) is 70.1 Å². The van der Waals surface area contributed by atoms with Gasteiger partial charge in [0.1, 0.15) is 6.04 Å². The molecule has 0 saturated carbocycles. The number of ether oxygens (including phenoxy) is 1. The first-order valence-corrected chi connectivity index (χ1v) is 7.67. The number of nitrogens with zero attached hydrogens (tertiary/aromatic N) is 2. The van der Waals surface area contributed by atoms with Gasteiger partial charge in [0.15, 0.2) is 17.7 Å². The highest BCUT2D eigenvalue weighted by atomic mass is 19.2. The Bertz CT molecular complexity index is 618. The number of hydrogen-bond donors (Lipinski definition) is 1. The molecule has 0 aliphatic carbocycles. The van der Waals surface area contributed by atoms with Crippen LogP contribution in [0.15, 0.2) is 18.2 Å². The third kappa shape index (κ3) is 4.00. The summed E-state index contributed by atoms with van der Waals surface area (Å²) < 4.78 is 32.0. The van der Waals surface area contributed by atoms with Gasteiger partial charge in [-0.15, -0.1) is 0 Å². The van der Waals surface area contributed by atoms with Crippen LogP contribution in [0, 0.1) is 11.6 Å². The summed E-state index contributed by atoms with van der Waals surface area (Å²) in [6.45, 7) is 4.64. The van der Waals surface area contributed by atoms with E-state index >= 15 is 0 Å². The van der Waals surface area contributed by atoms with Crippen LogP contribution in [0.4, 0.5) is 8.78 Å². The van der Waals surface area contributed by atoms with E-state index < -0.39 is 29.7 Å². The number of amides is 1. The predicted octanol–water partition coefficient (Wildman–Crippen LogP) is 1.35. The van der Waals surface area contributed by atoms with Crippen molar-refractivity contribution < 1.29 is 28.2 Å². The molecule has 1 aromatic carbocycles. The van der Waals surface area contributed by atoms with Crippen molar-refractivity contribution in [3.8, 4) is 5.75 Å². The van der Waals surface area contributed by atoms with Gasteiger partial charge in [0, 0.05) is 26.2 Å². The van der Waals surface area contributed by atoms with Gasteiger partial charge in [-0.3, -0.25) is 14.5 Å². The van der Waals surface area contributed by atoms with Crippen molar-refractivity contribution in [1.82, 2.24) is 9.80 Å². The van der Waals surface area contributed by atoms with Crippen LogP contribution < -0.4 is 4.74 Å². The molecule has 0 aromatic heterocycles. The fraction of sp³-hybridized carbons (Fsp3) is 0.500. The number of carboxylic acids is 1. The highest BCUT2D eigenvalue weighted by Crippen LogP contribution is 2.21. The normalized spacial score (nSPS) is 18.1. The van der Waals surface area contributed by atoms with Gasteiger partial charge in [-0.25, -0.2) is 4.39 Å². The predicted molar refractivity (Wildman–Crippen MR) is 81.7 cm³/mol. The van der Waals surface area contributed by atoms with Crippen LogP contribution in [0.2, 0.25) is 0 Å². The Morgan fingerprint density at radius 2 is 1.79 bits per heavy atom. The van der Waals surface area contributed by atoms with Gasteiger partial charge in [-0.2, -0.15) is 4.39 Å². The maximum atomic E-state index is 13.6. The fourth-order valence-electron chi connectivity index (χ4n) is 2.56. The summed E-state index contributed by atoms with van der Waals surface area (Å²) in [5.74, 6) is -3.73. The van der Waals surface area contributed by atoms with Crippen LogP contribution in [-0.4, -0.2) is 65.1 Å². The van der Waals surface area contributed by atoms with Crippen LogP contribution >= 0.6 is 0 Å². The van der Waals surface area contributed by atoms with Gasteiger partial charge in [-0.1, -0.05) is 6.07 Å². The first-order valence-electron chi connectivity index (χ1n) is 7.67. The summed E-state index contributed by atoms with van der Waals surface area (Å²) in [7, 11) is 0. The Hall–Kier alpha value is -2.22. The van der Waals surface area contributed by atoms with Crippen molar-refractivity contribution >= 4 is 11.9 Å². The molecule has 1 fully saturated rings. The molecular formula is C16H20F2N2O4. The molecule has 24 heavy (non-hydrogen) atoms. The Morgan fingerprint density at radius 1 is 1.17 bits per heavy atom. The van der Waals surface area contributed by atoms with Crippen LogP contribution in [0.1, 0.15) is 13.8 Å². The maximum Gasteiger partial charge on any atom is 0.320 e. The number of halogens is 2. The average Bonchev–Trinajstić information content (AvgIpc) is 2.57. The monoisotopic (exact) mass is 342 g/mol. The number of carbonyl (C=O) groups excluding carboxylic acids is 1. The molecule has 1 amide bonds. The Balaban J connectivity index is 1.93. The molecule has 2 atom stereocenters. The summed E-state index contributed by atoms with van der Waals surface area (Å²) >= 11 is 0. The van der Waals surface area contributed by atoms with Crippen molar-refractivity contribution in [3.05, 3.63) is 29.8 Å². The molecule has 1 aromatic rings. The zero-order chi connectivity index (χ0) is 17.9. The lowest BCUT2D eigenvalue weighted by atomic mass is 10.2. The van der Waals surface area contributed by atoms with Crippen molar-refractivity contribution in [1.29, 1.82) is 0 Å². The Labute approximate surface area is 138 Å². The van der Waals surface area contributed by atoms with Crippen molar-refractivity contribution in [2.45, 2.75) is 26.0 Å². The van der Waals surface area contributed by atoms with Crippen molar-refractivity contribution in [2.24, 2.45) is 0 Å². The van der Waals surface area contributed by atoms with E-state index in [1.807, 2.05) is 0 Å². The lowest BCUT2D eigenvalue weighted by molar-refractivity contribution is -0.145. The molecule has 0 spiro atoms. The van der Waals surface area contributed by atoms with E-state index in [9.17, 15) is 18.4 Å². The van der Waals surface area contributed by atoms with E-state index in [0.717, 1.165) is 6.07 Å². The number of rotatable bonds is 5. The zero-order valence-electron chi connectivity index (χ0n) is 13.5. The highest BCUT2D eigenvalue weighted by molar-refractivity contribution is 5.81. The fourth-order valence-corrected chi connectivity index (χ4v) is 2.56. The van der Waals surface area contributed by atoms with Crippen molar-refractivity contribution in [2.75, 3.05) is 26.2 Å². The van der Waals surface area contributed by atoms with Crippen LogP contribution in [-0.2, 0) is 9.59 Å². The molecule has 132 valence electrons. The van der Waals surface area contributed by atoms with E-state index in [0.29, 0.717) is 26.2 Å². The second-order valence-corrected chi connectivity index (χ2v) is 5.69. The molecule has 1 saturated heterocycles. The number of aliphatic carboxylic acids is 1. The standard InChI is InChI=1S/C16H20F2N2O4/c1-10(16(22)23)19-6-8-20(9-7-19)15(21)11(2)24-13-5-3-4-12(17)14(13)18/h3-5,10-11H,6-9H2,1-2H3,(H,22,23)/t10-,11+/m0/s1. The van der Waals surface area contributed by atoms with E-state index in [1.165, 1.54) is 24.0 Å². The average molecular weight is 342 g/mol. The molecule has 8 heteroatoms. The minimum atomic E-state index is -1.13. The third-order valence-electron chi connectivity index (χ3n) is 4.10. The lowest BCUT2D eigenvalue weighted by Crippen LogP contribution is -2.55. The molecule has 2 rings (SSSR count). The van der Waals surface area contributed by atoms with Gasteiger partial charge in [0.05, 0.1) is 0 Å². The number of carboxylic acid groups (broad SMARTS) is 1. The molecule has 0 unspecified atom stereocenters. The van der Waals surface area contributed by atoms with Crippen LogP contribution in [0.5, 0.6) is 5.75 Å². The van der Waals surface area contributed by atoms with Gasteiger partial charge in [0.25, 0.3) is 5.91 Å². The van der Waals surface area contributed by atoms with Gasteiger partial charge in [0.2, 0.25) is 5.82 Å². The largest absolute Gasteiger partial charge is 0.480 e. The van der Waals surface area contributed by atoms with E-state index in [2.05, 4.69) is 0 Å². The summed E-state index contributed by atoms with van der Waals surface area (Å²) in [5.41, 5.74) is 0. The molecule has 1 heterocycles. The number of piperazine rings is 1. The Kier molecular flexibility index (Phi) is 5.71. The minimum Gasteiger partial charge on any atom is -0.480 e. The number of hydrogen-bond acceptors (Lipinski definition) is 4. The highest BCUT2D eigenvalue weighted by Gasteiger charge is 2.30. The minimum absolute atomic E-state index is 0.311. The van der Waals surface area contributed by atoms with Gasteiger partial charge >= 0.3 is 5.97 Å². The smallest absolute Gasteiger partial charge is 0.320 e. The summed E-state index contributed by atoms with van der Waals surface area (Å²) in [5, 5.41) is 9.00.